The lowest BCUT2D eigenvalue weighted by Crippen LogP contribution is -2.27. The van der Waals surface area contributed by atoms with Gasteiger partial charge in [-0.1, -0.05) is 11.8 Å². The van der Waals surface area contributed by atoms with Crippen LogP contribution in [0.15, 0.2) is 32.8 Å². The van der Waals surface area contributed by atoms with E-state index in [1.807, 2.05) is 20.2 Å². The molecule has 3 heterocycles. The Morgan fingerprint density at radius 2 is 2.19 bits per heavy atom. The van der Waals surface area contributed by atoms with Crippen molar-refractivity contribution in [2.45, 2.75) is 50.4 Å². The van der Waals surface area contributed by atoms with Gasteiger partial charge in [0.15, 0.2) is 5.16 Å². The van der Waals surface area contributed by atoms with Crippen LogP contribution in [0.2, 0.25) is 0 Å². The second kappa shape index (κ2) is 10.0. The summed E-state index contributed by atoms with van der Waals surface area (Å²) >= 11 is 2.98. The summed E-state index contributed by atoms with van der Waals surface area (Å²) in [5.74, 6) is 0.806. The molecule has 0 bridgehead atoms. The molecule has 0 atom stereocenters. The average Bonchev–Trinajstić information content (AvgIpc) is 3.39. The summed E-state index contributed by atoms with van der Waals surface area (Å²) in [6, 6.07) is 3.62. The van der Waals surface area contributed by atoms with Crippen LogP contribution in [0.4, 0.5) is 0 Å². The lowest BCUT2D eigenvalue weighted by Gasteiger charge is -2.15. The highest BCUT2D eigenvalue weighted by atomic mass is 32.2. The summed E-state index contributed by atoms with van der Waals surface area (Å²) in [6.07, 6.45) is 6.74. The van der Waals surface area contributed by atoms with Gasteiger partial charge in [0.2, 0.25) is 5.91 Å². The minimum atomic E-state index is -0.110. The molecule has 0 aromatic carbocycles. The quantitative estimate of drug-likeness (QED) is 0.390. The second-order valence-electron chi connectivity index (χ2n) is 8.04. The third kappa shape index (κ3) is 5.22. The Morgan fingerprint density at radius 1 is 1.35 bits per heavy atom. The molecule has 0 radical (unpaired) electrons. The number of rotatable bonds is 9. The van der Waals surface area contributed by atoms with E-state index in [9.17, 15) is 9.59 Å². The van der Waals surface area contributed by atoms with Crippen molar-refractivity contribution in [3.63, 3.8) is 0 Å². The fourth-order valence-electron chi connectivity index (χ4n) is 3.85. The number of fused-ring (bicyclic) bond motifs is 3. The van der Waals surface area contributed by atoms with E-state index in [1.54, 1.807) is 28.2 Å². The number of aromatic nitrogens is 2. The molecule has 1 N–H and O–H groups in total. The topological polar surface area (TPSA) is 80.4 Å². The Bertz CT molecular complexity index is 1100. The van der Waals surface area contributed by atoms with Gasteiger partial charge in [0.25, 0.3) is 5.56 Å². The number of hydrogen-bond donors (Lipinski definition) is 1. The van der Waals surface area contributed by atoms with Crippen LogP contribution in [0.25, 0.3) is 10.2 Å². The van der Waals surface area contributed by atoms with Crippen LogP contribution < -0.4 is 10.9 Å². The first kappa shape index (κ1) is 22.1. The van der Waals surface area contributed by atoms with Crippen molar-refractivity contribution in [1.29, 1.82) is 0 Å². The summed E-state index contributed by atoms with van der Waals surface area (Å²) in [5.41, 5.74) is 1.25. The molecule has 0 aliphatic heterocycles. The lowest BCUT2D eigenvalue weighted by molar-refractivity contribution is -0.118. The fraction of sp³-hybridized carbons (Fsp3) is 0.500. The number of carbonyl (C=O) groups excluding carboxylic acids is 1. The van der Waals surface area contributed by atoms with Crippen molar-refractivity contribution in [3.05, 3.63) is 45.0 Å². The van der Waals surface area contributed by atoms with Crippen molar-refractivity contribution < 1.29 is 9.21 Å². The van der Waals surface area contributed by atoms with Crippen molar-refractivity contribution in [3.8, 4) is 0 Å². The first-order valence-electron chi connectivity index (χ1n) is 10.6. The van der Waals surface area contributed by atoms with E-state index < -0.39 is 0 Å². The van der Waals surface area contributed by atoms with Crippen LogP contribution >= 0.6 is 23.1 Å². The summed E-state index contributed by atoms with van der Waals surface area (Å²) in [7, 11) is 4.05. The van der Waals surface area contributed by atoms with Gasteiger partial charge in [0.05, 0.1) is 23.9 Å². The number of carbonyl (C=O) groups is 1. The zero-order valence-corrected chi connectivity index (χ0v) is 19.6. The molecule has 31 heavy (non-hydrogen) atoms. The Kier molecular flexibility index (Phi) is 7.14. The Hall–Kier alpha value is -2.10. The van der Waals surface area contributed by atoms with E-state index in [0.717, 1.165) is 42.4 Å². The summed E-state index contributed by atoms with van der Waals surface area (Å²) in [6.45, 7) is 1.84. The Morgan fingerprint density at radius 3 is 2.97 bits per heavy atom. The van der Waals surface area contributed by atoms with Gasteiger partial charge in [-0.2, -0.15) is 0 Å². The molecular formula is C22H28N4O3S2. The first-order chi connectivity index (χ1) is 15.0. The van der Waals surface area contributed by atoms with E-state index in [-0.39, 0.29) is 17.2 Å². The molecule has 3 aromatic rings. The minimum Gasteiger partial charge on any atom is -0.467 e. The molecule has 0 saturated heterocycles. The minimum absolute atomic E-state index is 0.0432. The van der Waals surface area contributed by atoms with Crippen LogP contribution in [0.3, 0.4) is 0 Å². The maximum absolute atomic E-state index is 13.5. The average molecular weight is 461 g/mol. The molecule has 0 spiro atoms. The Labute approximate surface area is 189 Å². The number of amides is 1. The molecule has 0 unspecified atom stereocenters. The maximum atomic E-state index is 13.5. The van der Waals surface area contributed by atoms with E-state index in [2.05, 4.69) is 10.2 Å². The molecule has 1 aliphatic rings. The van der Waals surface area contributed by atoms with Gasteiger partial charge in [-0.05, 0) is 70.4 Å². The third-order valence-electron chi connectivity index (χ3n) is 5.40. The van der Waals surface area contributed by atoms with Gasteiger partial charge in [0, 0.05) is 11.4 Å². The van der Waals surface area contributed by atoms with E-state index in [0.29, 0.717) is 24.0 Å². The number of nitrogens with one attached hydrogen (secondary N) is 1. The zero-order chi connectivity index (χ0) is 21.8. The monoisotopic (exact) mass is 460 g/mol. The Balaban J connectivity index is 1.56. The zero-order valence-electron chi connectivity index (χ0n) is 18.0. The highest BCUT2D eigenvalue weighted by molar-refractivity contribution is 7.99. The van der Waals surface area contributed by atoms with Crippen molar-refractivity contribution in [2.24, 2.45) is 0 Å². The van der Waals surface area contributed by atoms with Gasteiger partial charge < -0.3 is 14.6 Å². The predicted octanol–water partition coefficient (Wildman–Crippen LogP) is 3.29. The molecule has 1 aliphatic carbocycles. The van der Waals surface area contributed by atoms with Crippen LogP contribution in [0.5, 0.6) is 0 Å². The van der Waals surface area contributed by atoms with Crippen molar-refractivity contribution in [1.82, 2.24) is 19.8 Å². The largest absolute Gasteiger partial charge is 0.467 e. The van der Waals surface area contributed by atoms with Gasteiger partial charge >= 0.3 is 0 Å². The number of thioether (sulfide) groups is 1. The standard InChI is InChI=1S/C22H28N4O3S2/c1-25(2)10-6-11-26-21(28)19-16-8-3-4-9-17(16)31-20(19)24-22(26)30-14-18(27)23-13-15-7-5-12-29-15/h5,7,12H,3-4,6,8-11,13-14H2,1-2H3,(H,23,27). The molecular weight excluding hydrogens is 432 g/mol. The molecule has 0 saturated carbocycles. The van der Waals surface area contributed by atoms with Gasteiger partial charge in [-0.15, -0.1) is 11.3 Å². The van der Waals surface area contributed by atoms with Gasteiger partial charge in [-0.25, -0.2) is 4.98 Å². The molecule has 0 fully saturated rings. The van der Waals surface area contributed by atoms with Gasteiger partial charge in [0.1, 0.15) is 10.6 Å². The van der Waals surface area contributed by atoms with Crippen molar-refractivity contribution in [2.75, 3.05) is 26.4 Å². The highest BCUT2D eigenvalue weighted by Crippen LogP contribution is 2.34. The molecule has 166 valence electrons. The van der Waals surface area contributed by atoms with Crippen LogP contribution in [0.1, 0.15) is 35.5 Å². The fourth-order valence-corrected chi connectivity index (χ4v) is 6.01. The number of thiophene rings is 1. The molecule has 3 aromatic heterocycles. The first-order valence-corrected chi connectivity index (χ1v) is 12.4. The number of nitrogens with zero attached hydrogens (tertiary/aromatic N) is 3. The summed E-state index contributed by atoms with van der Waals surface area (Å²) < 4.78 is 7.03. The molecule has 4 rings (SSSR count). The number of aryl methyl sites for hydroxylation is 2. The van der Waals surface area contributed by atoms with E-state index in [4.69, 9.17) is 9.40 Å². The highest BCUT2D eigenvalue weighted by Gasteiger charge is 2.22. The van der Waals surface area contributed by atoms with Crippen LogP contribution in [0, 0.1) is 0 Å². The van der Waals surface area contributed by atoms with Crippen LogP contribution in [-0.2, 0) is 30.7 Å². The number of hydrogen-bond acceptors (Lipinski definition) is 7. The second-order valence-corrected chi connectivity index (χ2v) is 10.1. The maximum Gasteiger partial charge on any atom is 0.263 e. The van der Waals surface area contributed by atoms with Crippen molar-refractivity contribution >= 4 is 39.2 Å². The lowest BCUT2D eigenvalue weighted by atomic mass is 9.97. The third-order valence-corrected chi connectivity index (χ3v) is 7.56. The molecule has 9 heteroatoms. The van der Waals surface area contributed by atoms with Crippen LogP contribution in [-0.4, -0.2) is 46.8 Å². The molecule has 1 amide bonds. The van der Waals surface area contributed by atoms with Gasteiger partial charge in [-0.3, -0.25) is 14.2 Å². The number of furan rings is 1. The smallest absolute Gasteiger partial charge is 0.263 e. The SMILES string of the molecule is CN(C)CCCn1c(SCC(=O)NCc2ccco2)nc2sc3c(c2c1=O)CCCC3. The molecule has 7 nitrogen and oxygen atoms in total. The summed E-state index contributed by atoms with van der Waals surface area (Å²) in [4.78, 5) is 34.9. The van der Waals surface area contributed by atoms with E-state index in [1.165, 1.54) is 28.6 Å². The normalized spacial score (nSPS) is 13.6. The van der Waals surface area contributed by atoms with E-state index >= 15 is 0 Å². The summed E-state index contributed by atoms with van der Waals surface area (Å²) in [5, 5.41) is 4.28. The predicted molar refractivity (Wildman–Crippen MR) is 125 cm³/mol.